The largest absolute Gasteiger partial charge is 0.490 e. The Labute approximate surface area is 85.8 Å². The van der Waals surface area contributed by atoms with E-state index in [2.05, 4.69) is 15.0 Å². The van der Waals surface area contributed by atoms with E-state index in [1.165, 1.54) is 13.3 Å². The maximum Gasteiger partial charge on any atom is 0.293 e. The van der Waals surface area contributed by atoms with Gasteiger partial charge in [0.05, 0.1) is 13.3 Å². The standard InChI is InChI=1S/C10H9N3O2/c1-15-8-6-12-9(13-10(8)14)7-3-2-4-11-5-7/h2-6H,1H3,(H,12,13,14). The summed E-state index contributed by atoms with van der Waals surface area (Å²) in [4.78, 5) is 22.0. The molecule has 0 fully saturated rings. The summed E-state index contributed by atoms with van der Waals surface area (Å²) in [6, 6.07) is 3.59. The molecule has 2 aromatic rings. The molecule has 0 spiro atoms. The monoisotopic (exact) mass is 203 g/mol. The fraction of sp³-hybridized carbons (Fsp3) is 0.100. The number of ether oxygens (including phenoxy) is 1. The Morgan fingerprint density at radius 2 is 2.27 bits per heavy atom. The predicted octanol–water partition coefficient (Wildman–Crippen LogP) is 0.840. The molecule has 0 radical (unpaired) electrons. The molecule has 0 aromatic carbocycles. The Bertz CT molecular complexity index is 508. The lowest BCUT2D eigenvalue weighted by Gasteiger charge is -2.01. The number of nitrogens with one attached hydrogen (secondary N) is 1. The van der Waals surface area contributed by atoms with Crippen LogP contribution in [0.3, 0.4) is 0 Å². The molecule has 15 heavy (non-hydrogen) atoms. The summed E-state index contributed by atoms with van der Waals surface area (Å²) in [6.07, 6.45) is 4.68. The Balaban J connectivity index is 2.48. The summed E-state index contributed by atoms with van der Waals surface area (Å²) in [5.41, 5.74) is 0.462. The Morgan fingerprint density at radius 1 is 1.40 bits per heavy atom. The Morgan fingerprint density at radius 3 is 2.87 bits per heavy atom. The zero-order valence-electron chi connectivity index (χ0n) is 8.10. The highest BCUT2D eigenvalue weighted by Crippen LogP contribution is 2.11. The average Bonchev–Trinajstić information content (AvgIpc) is 2.30. The van der Waals surface area contributed by atoms with Gasteiger partial charge in [0.15, 0.2) is 0 Å². The van der Waals surface area contributed by atoms with Crippen LogP contribution in [-0.2, 0) is 0 Å². The van der Waals surface area contributed by atoms with Crippen molar-refractivity contribution in [2.75, 3.05) is 7.11 Å². The van der Waals surface area contributed by atoms with Crippen molar-refractivity contribution in [1.29, 1.82) is 0 Å². The number of nitrogens with zero attached hydrogens (tertiary/aromatic N) is 2. The summed E-state index contributed by atoms with van der Waals surface area (Å²) in [5.74, 6) is 0.677. The van der Waals surface area contributed by atoms with Crippen LogP contribution in [0.4, 0.5) is 0 Å². The summed E-state index contributed by atoms with van der Waals surface area (Å²) in [5, 5.41) is 0. The van der Waals surface area contributed by atoms with E-state index >= 15 is 0 Å². The highest BCUT2D eigenvalue weighted by atomic mass is 16.5. The van der Waals surface area contributed by atoms with E-state index in [-0.39, 0.29) is 11.3 Å². The van der Waals surface area contributed by atoms with Crippen molar-refractivity contribution in [1.82, 2.24) is 15.0 Å². The number of hydrogen-bond acceptors (Lipinski definition) is 4. The minimum absolute atomic E-state index is 0.197. The van der Waals surface area contributed by atoms with Crippen LogP contribution in [0.2, 0.25) is 0 Å². The smallest absolute Gasteiger partial charge is 0.293 e. The molecule has 0 aliphatic carbocycles. The molecular weight excluding hydrogens is 194 g/mol. The van der Waals surface area contributed by atoms with Gasteiger partial charge in [-0.25, -0.2) is 4.98 Å². The van der Waals surface area contributed by atoms with Gasteiger partial charge in [0.2, 0.25) is 5.75 Å². The molecule has 5 heteroatoms. The van der Waals surface area contributed by atoms with Gasteiger partial charge < -0.3 is 9.72 Å². The van der Waals surface area contributed by atoms with Crippen LogP contribution >= 0.6 is 0 Å². The maximum atomic E-state index is 11.4. The quantitative estimate of drug-likeness (QED) is 0.785. The summed E-state index contributed by atoms with van der Waals surface area (Å²) >= 11 is 0. The molecule has 0 saturated heterocycles. The topological polar surface area (TPSA) is 67.9 Å². The minimum atomic E-state index is -0.300. The fourth-order valence-electron chi connectivity index (χ4n) is 1.18. The lowest BCUT2D eigenvalue weighted by Crippen LogP contribution is -2.11. The lowest BCUT2D eigenvalue weighted by molar-refractivity contribution is 0.406. The first-order chi connectivity index (χ1) is 7.31. The zero-order valence-corrected chi connectivity index (χ0v) is 8.10. The van der Waals surface area contributed by atoms with Gasteiger partial charge in [-0.1, -0.05) is 0 Å². The van der Waals surface area contributed by atoms with Gasteiger partial charge in [-0.15, -0.1) is 0 Å². The molecule has 0 unspecified atom stereocenters. The summed E-state index contributed by atoms with van der Waals surface area (Å²) in [6.45, 7) is 0. The van der Waals surface area contributed by atoms with Crippen molar-refractivity contribution < 1.29 is 4.74 Å². The second kappa shape index (κ2) is 3.91. The van der Waals surface area contributed by atoms with Crippen LogP contribution in [0.5, 0.6) is 5.75 Å². The van der Waals surface area contributed by atoms with Crippen molar-refractivity contribution in [2.24, 2.45) is 0 Å². The third-order valence-corrected chi connectivity index (χ3v) is 1.92. The van der Waals surface area contributed by atoms with Gasteiger partial charge in [-0.2, -0.15) is 0 Å². The van der Waals surface area contributed by atoms with Crippen LogP contribution in [0, 0.1) is 0 Å². The number of H-pyrrole nitrogens is 1. The Kier molecular flexibility index (Phi) is 2.45. The van der Waals surface area contributed by atoms with Gasteiger partial charge >= 0.3 is 0 Å². The third kappa shape index (κ3) is 1.85. The number of rotatable bonds is 2. The van der Waals surface area contributed by atoms with E-state index in [1.54, 1.807) is 18.5 Å². The van der Waals surface area contributed by atoms with E-state index in [1.807, 2.05) is 6.07 Å². The number of methoxy groups -OCH3 is 1. The number of pyridine rings is 1. The highest BCUT2D eigenvalue weighted by Gasteiger charge is 2.03. The highest BCUT2D eigenvalue weighted by molar-refractivity contribution is 5.52. The average molecular weight is 203 g/mol. The molecule has 2 heterocycles. The number of aromatic nitrogens is 3. The molecule has 5 nitrogen and oxygen atoms in total. The van der Waals surface area contributed by atoms with Crippen molar-refractivity contribution in [2.45, 2.75) is 0 Å². The van der Waals surface area contributed by atoms with Crippen molar-refractivity contribution >= 4 is 0 Å². The van der Waals surface area contributed by atoms with Crippen molar-refractivity contribution in [3.8, 4) is 17.1 Å². The fourth-order valence-corrected chi connectivity index (χ4v) is 1.18. The van der Waals surface area contributed by atoms with Crippen molar-refractivity contribution in [3.05, 3.63) is 41.1 Å². The molecular formula is C10H9N3O2. The minimum Gasteiger partial charge on any atom is -0.490 e. The van der Waals surface area contributed by atoms with Crippen LogP contribution in [-0.4, -0.2) is 22.1 Å². The molecule has 0 aliphatic heterocycles. The third-order valence-electron chi connectivity index (χ3n) is 1.92. The zero-order chi connectivity index (χ0) is 10.7. The van der Waals surface area contributed by atoms with Crippen LogP contribution in [0.1, 0.15) is 0 Å². The molecule has 1 N–H and O–H groups in total. The van der Waals surface area contributed by atoms with Crippen molar-refractivity contribution in [3.63, 3.8) is 0 Å². The van der Waals surface area contributed by atoms with E-state index in [0.717, 1.165) is 5.56 Å². The van der Waals surface area contributed by atoms with Gasteiger partial charge in [-0.05, 0) is 12.1 Å². The first kappa shape index (κ1) is 9.39. The van der Waals surface area contributed by atoms with Gasteiger partial charge in [0.25, 0.3) is 5.56 Å². The molecule has 0 bridgehead atoms. The first-order valence-electron chi connectivity index (χ1n) is 4.35. The predicted molar refractivity (Wildman–Crippen MR) is 54.6 cm³/mol. The maximum absolute atomic E-state index is 11.4. The van der Waals surface area contributed by atoms with Gasteiger partial charge in [-0.3, -0.25) is 9.78 Å². The summed E-state index contributed by atoms with van der Waals surface area (Å²) < 4.78 is 4.81. The molecule has 76 valence electrons. The number of hydrogen-bond donors (Lipinski definition) is 1. The SMILES string of the molecule is COc1cnc(-c2cccnc2)[nH]c1=O. The Hall–Kier alpha value is -2.17. The lowest BCUT2D eigenvalue weighted by atomic mass is 10.3. The van der Waals surface area contributed by atoms with Crippen LogP contribution in [0.15, 0.2) is 35.5 Å². The van der Waals surface area contributed by atoms with E-state index in [0.29, 0.717) is 5.82 Å². The number of aromatic amines is 1. The van der Waals surface area contributed by atoms with Gasteiger partial charge in [0, 0.05) is 18.0 Å². The molecule has 0 atom stereocenters. The normalized spacial score (nSPS) is 9.93. The molecule has 0 amide bonds. The van der Waals surface area contributed by atoms with Crippen LogP contribution < -0.4 is 10.3 Å². The second-order valence-electron chi connectivity index (χ2n) is 2.87. The molecule has 2 aromatic heterocycles. The molecule has 2 rings (SSSR count). The summed E-state index contributed by atoms with van der Waals surface area (Å²) in [7, 11) is 1.43. The first-order valence-corrected chi connectivity index (χ1v) is 4.35. The van der Waals surface area contributed by atoms with Crippen LogP contribution in [0.25, 0.3) is 11.4 Å². The van der Waals surface area contributed by atoms with E-state index in [4.69, 9.17) is 4.74 Å². The van der Waals surface area contributed by atoms with E-state index < -0.39 is 0 Å². The molecule has 0 aliphatic rings. The van der Waals surface area contributed by atoms with Gasteiger partial charge in [0.1, 0.15) is 5.82 Å². The second-order valence-corrected chi connectivity index (χ2v) is 2.87. The van der Waals surface area contributed by atoms with E-state index in [9.17, 15) is 4.79 Å². The molecule has 0 saturated carbocycles.